The average molecular weight is 587 g/mol. The molecule has 0 spiro atoms. The molecule has 0 saturated carbocycles. The van der Waals surface area contributed by atoms with E-state index in [1.54, 1.807) is 12.1 Å². The molecule has 2 aliphatic rings. The van der Waals surface area contributed by atoms with E-state index in [1.807, 2.05) is 6.07 Å². The van der Waals surface area contributed by atoms with Gasteiger partial charge in [-0.1, -0.05) is 46.4 Å². The number of carbonyl (C=O) groups is 1. The minimum Gasteiger partial charge on any atom is -0.490 e. The van der Waals surface area contributed by atoms with Gasteiger partial charge in [0.1, 0.15) is 20.4 Å². The molecule has 1 aromatic heterocycles. The van der Waals surface area contributed by atoms with Crippen LogP contribution in [0.4, 0.5) is 4.79 Å². The van der Waals surface area contributed by atoms with Crippen molar-refractivity contribution in [2.24, 2.45) is 0 Å². The molecule has 1 aromatic carbocycles. The number of thiophene rings is 1. The maximum atomic E-state index is 12.5. The molecule has 2 aliphatic heterocycles. The van der Waals surface area contributed by atoms with Crippen LogP contribution in [0.1, 0.15) is 25.7 Å². The Morgan fingerprint density at radius 1 is 0.941 bits per heavy atom. The molecule has 0 aliphatic carbocycles. The predicted molar refractivity (Wildman–Crippen MR) is 136 cm³/mol. The number of nitrogens with zero attached hydrogens (tertiary/aromatic N) is 2. The average Bonchev–Trinajstić information content (AvgIpc) is 3.16. The first kappa shape index (κ1) is 26.1. The first-order valence-electron chi connectivity index (χ1n) is 10.7. The highest BCUT2D eigenvalue weighted by molar-refractivity contribution is 7.92. The number of hydrogen-bond acceptors (Lipinski definition) is 6. The van der Waals surface area contributed by atoms with E-state index in [-0.39, 0.29) is 19.7 Å². The monoisotopic (exact) mass is 585 g/mol. The van der Waals surface area contributed by atoms with Crippen LogP contribution in [0.2, 0.25) is 19.4 Å². The van der Waals surface area contributed by atoms with Gasteiger partial charge in [-0.05, 0) is 43.9 Å². The number of likely N-dealkylation sites (tertiary alicyclic amines) is 2. The summed E-state index contributed by atoms with van der Waals surface area (Å²) in [5.74, 6) is 0.717. The highest BCUT2D eigenvalue weighted by Crippen LogP contribution is 2.34. The second kappa shape index (κ2) is 11.0. The van der Waals surface area contributed by atoms with Crippen molar-refractivity contribution in [3.8, 4) is 5.75 Å². The van der Waals surface area contributed by atoms with Gasteiger partial charge in [0.05, 0.1) is 15.1 Å². The van der Waals surface area contributed by atoms with Crippen LogP contribution in [0.5, 0.6) is 5.75 Å². The molecular formula is C21H23Cl4N3O4S2. The molecule has 0 radical (unpaired) electrons. The van der Waals surface area contributed by atoms with Crippen molar-refractivity contribution >= 4 is 73.8 Å². The fourth-order valence-electron chi connectivity index (χ4n) is 4.22. The number of amides is 2. The van der Waals surface area contributed by atoms with Gasteiger partial charge >= 0.3 is 6.03 Å². The molecule has 0 unspecified atom stereocenters. The summed E-state index contributed by atoms with van der Waals surface area (Å²) in [7, 11) is -4.01. The fourth-order valence-corrected chi connectivity index (χ4v) is 7.36. The second-order valence-corrected chi connectivity index (χ2v) is 13.0. The number of sulfonamides is 1. The van der Waals surface area contributed by atoms with Gasteiger partial charge < -0.3 is 9.64 Å². The topological polar surface area (TPSA) is 79.0 Å². The summed E-state index contributed by atoms with van der Waals surface area (Å²) in [5.41, 5.74) is 0. The molecule has 0 bridgehead atoms. The third-order valence-electron chi connectivity index (χ3n) is 6.05. The van der Waals surface area contributed by atoms with Crippen LogP contribution in [0.25, 0.3) is 0 Å². The van der Waals surface area contributed by atoms with Gasteiger partial charge in [0, 0.05) is 38.3 Å². The number of hydrogen-bond donors (Lipinski definition) is 1. The lowest BCUT2D eigenvalue weighted by Crippen LogP contribution is -2.52. The summed E-state index contributed by atoms with van der Waals surface area (Å²) < 4.78 is 33.2. The van der Waals surface area contributed by atoms with Gasteiger partial charge in [0.25, 0.3) is 10.0 Å². The Bertz CT molecular complexity index is 1130. The summed E-state index contributed by atoms with van der Waals surface area (Å²) in [6.45, 7) is 2.77. The Labute approximate surface area is 222 Å². The van der Waals surface area contributed by atoms with Crippen LogP contribution >= 0.6 is 57.7 Å². The highest BCUT2D eigenvalue weighted by Gasteiger charge is 2.32. The number of benzene rings is 1. The first-order chi connectivity index (χ1) is 16.1. The standard InChI is InChI=1S/C21H23Cl4N3O4S2/c22-16-2-1-15(11-17(16)23)32-14-5-9-27(10-6-14)13-3-7-28(8-4-13)21(29)26-34(30,31)19-12-18(24)20(25)33-19/h1-2,11-14H,3-10H2,(H,26,29). The fraction of sp³-hybridized carbons (Fsp3) is 0.476. The first-order valence-corrected chi connectivity index (χ1v) is 14.6. The highest BCUT2D eigenvalue weighted by atomic mass is 35.5. The lowest BCUT2D eigenvalue weighted by molar-refractivity contribution is 0.0540. The van der Waals surface area contributed by atoms with Gasteiger partial charge in [-0.25, -0.2) is 17.9 Å². The molecule has 4 rings (SSSR count). The molecule has 2 aromatic rings. The van der Waals surface area contributed by atoms with Crippen LogP contribution in [0.3, 0.4) is 0 Å². The zero-order chi connectivity index (χ0) is 24.5. The van der Waals surface area contributed by atoms with Crippen LogP contribution in [-0.4, -0.2) is 62.6 Å². The molecule has 2 fully saturated rings. The third kappa shape index (κ3) is 6.24. The van der Waals surface area contributed by atoms with Crippen molar-refractivity contribution in [1.82, 2.24) is 14.5 Å². The lowest BCUT2D eigenvalue weighted by atomic mass is 9.99. The van der Waals surface area contributed by atoms with E-state index in [2.05, 4.69) is 9.62 Å². The number of piperidine rings is 2. The van der Waals surface area contributed by atoms with Gasteiger partial charge in [-0.15, -0.1) is 11.3 Å². The molecule has 2 amide bonds. The van der Waals surface area contributed by atoms with Gasteiger partial charge in [0.15, 0.2) is 0 Å². The van der Waals surface area contributed by atoms with Crippen molar-refractivity contribution < 1.29 is 17.9 Å². The number of nitrogens with one attached hydrogen (secondary N) is 1. The van der Waals surface area contributed by atoms with Crippen LogP contribution in [-0.2, 0) is 10.0 Å². The third-order valence-corrected chi connectivity index (χ3v) is 10.4. The van der Waals surface area contributed by atoms with Crippen molar-refractivity contribution in [3.63, 3.8) is 0 Å². The molecule has 13 heteroatoms. The number of ether oxygens (including phenoxy) is 1. The van der Waals surface area contributed by atoms with Crippen LogP contribution in [0.15, 0.2) is 28.5 Å². The molecule has 1 N–H and O–H groups in total. The Hall–Kier alpha value is -0.940. The predicted octanol–water partition coefficient (Wildman–Crippen LogP) is 5.77. The van der Waals surface area contributed by atoms with Crippen molar-refractivity contribution in [3.05, 3.63) is 43.7 Å². The summed E-state index contributed by atoms with van der Waals surface area (Å²) in [4.78, 5) is 16.5. The molecule has 186 valence electrons. The van der Waals surface area contributed by atoms with E-state index in [1.165, 1.54) is 11.0 Å². The summed E-state index contributed by atoms with van der Waals surface area (Å²) in [5, 5.41) is 1.12. The largest absolute Gasteiger partial charge is 0.490 e. The van der Waals surface area contributed by atoms with E-state index in [9.17, 15) is 13.2 Å². The second-order valence-electron chi connectivity index (χ2n) is 8.25. The van der Waals surface area contributed by atoms with Crippen LogP contribution < -0.4 is 9.46 Å². The minimum atomic E-state index is -4.01. The number of carbonyl (C=O) groups excluding carboxylic acids is 1. The van der Waals surface area contributed by atoms with Gasteiger partial charge in [-0.3, -0.25) is 4.90 Å². The summed E-state index contributed by atoms with van der Waals surface area (Å²) in [6, 6.07) is 6.25. The molecule has 0 atom stereocenters. The molecular weight excluding hydrogens is 564 g/mol. The zero-order valence-corrected chi connectivity index (χ0v) is 22.6. The summed E-state index contributed by atoms with van der Waals surface area (Å²) in [6.07, 6.45) is 3.46. The Balaban J connectivity index is 1.23. The lowest BCUT2D eigenvalue weighted by Gasteiger charge is -2.41. The SMILES string of the molecule is O=C(NS(=O)(=O)c1cc(Cl)c(Cl)s1)N1CCC(N2CCC(Oc3ccc(Cl)c(Cl)c3)CC2)CC1. The normalized spacial score (nSPS) is 18.8. The van der Waals surface area contributed by atoms with Gasteiger partial charge in [-0.2, -0.15) is 0 Å². The number of rotatable bonds is 5. The maximum absolute atomic E-state index is 12.5. The Kier molecular flexibility index (Phi) is 8.44. The quantitative estimate of drug-likeness (QED) is 0.481. The number of halogens is 4. The van der Waals surface area contributed by atoms with E-state index in [4.69, 9.17) is 51.1 Å². The van der Waals surface area contributed by atoms with E-state index in [0.29, 0.717) is 34.9 Å². The minimum absolute atomic E-state index is 0.0864. The summed E-state index contributed by atoms with van der Waals surface area (Å²) >= 11 is 24.5. The van der Waals surface area contributed by atoms with Crippen molar-refractivity contribution in [2.45, 2.75) is 42.0 Å². The van der Waals surface area contributed by atoms with E-state index in [0.717, 1.165) is 50.1 Å². The molecule has 7 nitrogen and oxygen atoms in total. The Morgan fingerprint density at radius 2 is 1.62 bits per heavy atom. The molecule has 3 heterocycles. The molecule has 34 heavy (non-hydrogen) atoms. The van der Waals surface area contributed by atoms with E-state index >= 15 is 0 Å². The van der Waals surface area contributed by atoms with Crippen LogP contribution in [0, 0.1) is 0 Å². The van der Waals surface area contributed by atoms with E-state index < -0.39 is 16.1 Å². The Morgan fingerprint density at radius 3 is 2.21 bits per heavy atom. The molecule has 2 saturated heterocycles. The number of urea groups is 1. The zero-order valence-electron chi connectivity index (χ0n) is 18.0. The van der Waals surface area contributed by atoms with Crippen molar-refractivity contribution in [1.29, 1.82) is 0 Å². The van der Waals surface area contributed by atoms with Crippen molar-refractivity contribution in [2.75, 3.05) is 26.2 Å². The maximum Gasteiger partial charge on any atom is 0.331 e. The smallest absolute Gasteiger partial charge is 0.331 e. The van der Waals surface area contributed by atoms with Gasteiger partial charge in [0.2, 0.25) is 0 Å².